The number of amides is 1. The Bertz CT molecular complexity index is 665. The van der Waals surface area contributed by atoms with E-state index in [9.17, 15) is 13.6 Å². The Labute approximate surface area is 133 Å². The maximum absolute atomic E-state index is 13.1. The molecule has 0 aliphatic heterocycles. The Kier molecular flexibility index (Phi) is 6.05. The molecular weight excluding hydrogens is 302 g/mol. The Hall–Kier alpha value is -2.47. The number of ether oxygens (including phenoxy) is 1. The molecule has 0 radical (unpaired) electrons. The van der Waals surface area contributed by atoms with Gasteiger partial charge in [0.05, 0.1) is 0 Å². The zero-order chi connectivity index (χ0) is 16.7. The van der Waals surface area contributed by atoms with E-state index in [1.165, 1.54) is 29.2 Å². The summed E-state index contributed by atoms with van der Waals surface area (Å²) in [6, 6.07) is 12.2. The molecular formula is C17H18F2N2O2. The number of nitrogens with zero attached hydrogens (tertiary/aromatic N) is 1. The van der Waals surface area contributed by atoms with Crippen molar-refractivity contribution < 1.29 is 18.3 Å². The van der Waals surface area contributed by atoms with Crippen LogP contribution in [0.4, 0.5) is 13.6 Å². The summed E-state index contributed by atoms with van der Waals surface area (Å²) in [6.45, 7) is 0.641. The number of hydrogen-bond donors (Lipinski definition) is 1. The fourth-order valence-corrected chi connectivity index (χ4v) is 2.04. The normalized spacial score (nSPS) is 10.4. The second-order valence-electron chi connectivity index (χ2n) is 5.10. The average Bonchev–Trinajstić information content (AvgIpc) is 2.51. The lowest BCUT2D eigenvalue weighted by Crippen LogP contribution is -2.30. The molecule has 0 fully saturated rings. The summed E-state index contributed by atoms with van der Waals surface area (Å²) >= 11 is 0. The van der Waals surface area contributed by atoms with Crippen molar-refractivity contribution in [2.45, 2.75) is 13.1 Å². The molecule has 0 saturated heterocycles. The van der Waals surface area contributed by atoms with E-state index in [0.717, 1.165) is 5.56 Å². The molecule has 0 heterocycles. The lowest BCUT2D eigenvalue weighted by atomic mass is 10.2. The molecule has 6 heteroatoms. The van der Waals surface area contributed by atoms with Crippen molar-refractivity contribution in [2.24, 2.45) is 0 Å². The zero-order valence-corrected chi connectivity index (χ0v) is 12.8. The van der Waals surface area contributed by atoms with Crippen LogP contribution >= 0.6 is 0 Å². The molecule has 0 unspecified atom stereocenters. The number of hydrogen-bond acceptors (Lipinski definition) is 3. The van der Waals surface area contributed by atoms with Crippen LogP contribution in [0.3, 0.4) is 0 Å². The molecule has 1 amide bonds. The first-order valence-electron chi connectivity index (χ1n) is 7.12. The topological polar surface area (TPSA) is 41.6 Å². The summed E-state index contributed by atoms with van der Waals surface area (Å²) < 4.78 is 31.1. The van der Waals surface area contributed by atoms with Crippen molar-refractivity contribution in [2.75, 3.05) is 13.8 Å². The molecule has 0 aliphatic carbocycles. The third-order valence-corrected chi connectivity index (χ3v) is 3.14. The van der Waals surface area contributed by atoms with Gasteiger partial charge in [0.25, 0.3) is 0 Å². The Balaban J connectivity index is 1.71. The van der Waals surface area contributed by atoms with E-state index in [-0.39, 0.29) is 24.9 Å². The fraction of sp³-hybridized carbons (Fsp3) is 0.235. The smallest absolute Gasteiger partial charge is 0.411 e. The molecule has 2 rings (SSSR count). The van der Waals surface area contributed by atoms with Gasteiger partial charge in [-0.3, -0.25) is 5.32 Å². The molecule has 2 aromatic rings. The van der Waals surface area contributed by atoms with Gasteiger partial charge in [-0.05, 0) is 35.4 Å². The second-order valence-corrected chi connectivity index (χ2v) is 5.10. The van der Waals surface area contributed by atoms with Crippen LogP contribution in [-0.2, 0) is 17.8 Å². The van der Waals surface area contributed by atoms with Crippen molar-refractivity contribution in [1.82, 2.24) is 10.2 Å². The van der Waals surface area contributed by atoms with Gasteiger partial charge in [-0.1, -0.05) is 24.3 Å². The Morgan fingerprint density at radius 1 is 1.09 bits per heavy atom. The van der Waals surface area contributed by atoms with Gasteiger partial charge in [0.1, 0.15) is 18.4 Å². The molecule has 2 aromatic carbocycles. The van der Waals surface area contributed by atoms with Crippen molar-refractivity contribution >= 4 is 6.09 Å². The summed E-state index contributed by atoms with van der Waals surface area (Å²) in [7, 11) is 1.57. The molecule has 0 aliphatic rings. The highest BCUT2D eigenvalue weighted by molar-refractivity contribution is 5.67. The quantitative estimate of drug-likeness (QED) is 0.656. The summed E-state index contributed by atoms with van der Waals surface area (Å²) in [5.41, 5.74) is 1.44. The van der Waals surface area contributed by atoms with Gasteiger partial charge in [-0.2, -0.15) is 0 Å². The number of benzene rings is 2. The third-order valence-electron chi connectivity index (χ3n) is 3.14. The van der Waals surface area contributed by atoms with Crippen LogP contribution in [0.1, 0.15) is 11.1 Å². The minimum atomic E-state index is -0.527. The molecule has 0 aromatic heterocycles. The van der Waals surface area contributed by atoms with E-state index in [0.29, 0.717) is 12.1 Å². The minimum Gasteiger partial charge on any atom is -0.433 e. The minimum absolute atomic E-state index is 0.00281. The largest absolute Gasteiger partial charge is 0.433 e. The van der Waals surface area contributed by atoms with Crippen LogP contribution in [-0.4, -0.2) is 24.8 Å². The number of halogens is 2. The maximum Gasteiger partial charge on any atom is 0.411 e. The van der Waals surface area contributed by atoms with E-state index >= 15 is 0 Å². The standard InChI is InChI=1S/C17H18F2N2O2/c1-21(11-14-5-3-7-16(19)9-14)17(22)23-12-20-10-13-4-2-6-15(18)8-13/h2-9,20H,10-12H2,1H3. The van der Waals surface area contributed by atoms with Crippen LogP contribution in [0.5, 0.6) is 0 Å². The molecule has 0 bridgehead atoms. The highest BCUT2D eigenvalue weighted by Gasteiger charge is 2.10. The van der Waals surface area contributed by atoms with Crippen molar-refractivity contribution in [3.8, 4) is 0 Å². The molecule has 0 saturated carbocycles. The van der Waals surface area contributed by atoms with E-state index < -0.39 is 6.09 Å². The molecule has 1 N–H and O–H groups in total. The predicted octanol–water partition coefficient (Wildman–Crippen LogP) is 3.28. The molecule has 122 valence electrons. The van der Waals surface area contributed by atoms with Crippen LogP contribution in [0.2, 0.25) is 0 Å². The predicted molar refractivity (Wildman–Crippen MR) is 82.5 cm³/mol. The zero-order valence-electron chi connectivity index (χ0n) is 12.8. The van der Waals surface area contributed by atoms with Crippen LogP contribution < -0.4 is 5.32 Å². The summed E-state index contributed by atoms with van der Waals surface area (Å²) in [4.78, 5) is 13.2. The number of carbonyl (C=O) groups excluding carboxylic acids is 1. The van der Waals surface area contributed by atoms with Crippen molar-refractivity contribution in [3.63, 3.8) is 0 Å². The first kappa shape index (κ1) is 16.9. The Morgan fingerprint density at radius 2 is 1.70 bits per heavy atom. The first-order valence-corrected chi connectivity index (χ1v) is 7.12. The highest BCUT2D eigenvalue weighted by Crippen LogP contribution is 2.07. The van der Waals surface area contributed by atoms with Gasteiger partial charge in [-0.15, -0.1) is 0 Å². The lowest BCUT2D eigenvalue weighted by Gasteiger charge is -2.17. The van der Waals surface area contributed by atoms with Crippen LogP contribution in [0.15, 0.2) is 48.5 Å². The SMILES string of the molecule is CN(Cc1cccc(F)c1)C(=O)OCNCc1cccc(F)c1. The van der Waals surface area contributed by atoms with Gasteiger partial charge in [0, 0.05) is 20.1 Å². The van der Waals surface area contributed by atoms with E-state index in [4.69, 9.17) is 4.74 Å². The first-order chi connectivity index (χ1) is 11.0. The van der Waals surface area contributed by atoms with E-state index in [2.05, 4.69) is 5.32 Å². The van der Waals surface area contributed by atoms with Gasteiger partial charge in [0.15, 0.2) is 0 Å². The van der Waals surface area contributed by atoms with Gasteiger partial charge >= 0.3 is 6.09 Å². The van der Waals surface area contributed by atoms with Gasteiger partial charge < -0.3 is 9.64 Å². The third kappa shape index (κ3) is 5.67. The van der Waals surface area contributed by atoms with E-state index in [1.807, 2.05) is 0 Å². The molecule has 0 atom stereocenters. The molecule has 23 heavy (non-hydrogen) atoms. The van der Waals surface area contributed by atoms with Crippen molar-refractivity contribution in [3.05, 3.63) is 71.3 Å². The monoisotopic (exact) mass is 320 g/mol. The van der Waals surface area contributed by atoms with E-state index in [1.54, 1.807) is 31.3 Å². The number of carbonyl (C=O) groups is 1. The maximum atomic E-state index is 13.1. The number of rotatable bonds is 6. The second kappa shape index (κ2) is 8.24. The lowest BCUT2D eigenvalue weighted by molar-refractivity contribution is 0.101. The average molecular weight is 320 g/mol. The van der Waals surface area contributed by atoms with Gasteiger partial charge in [0.2, 0.25) is 0 Å². The number of nitrogens with one attached hydrogen (secondary N) is 1. The Morgan fingerprint density at radius 3 is 2.35 bits per heavy atom. The molecule has 0 spiro atoms. The summed E-state index contributed by atoms with van der Waals surface area (Å²) in [6.07, 6.45) is -0.527. The van der Waals surface area contributed by atoms with Crippen molar-refractivity contribution in [1.29, 1.82) is 0 Å². The highest BCUT2D eigenvalue weighted by atomic mass is 19.1. The molecule has 4 nitrogen and oxygen atoms in total. The summed E-state index contributed by atoms with van der Waals surface area (Å²) in [5, 5.41) is 2.89. The summed E-state index contributed by atoms with van der Waals surface area (Å²) in [5.74, 6) is -0.655. The fourth-order valence-electron chi connectivity index (χ4n) is 2.04. The van der Waals surface area contributed by atoms with Crippen LogP contribution in [0, 0.1) is 11.6 Å². The van der Waals surface area contributed by atoms with Gasteiger partial charge in [-0.25, -0.2) is 13.6 Å². The van der Waals surface area contributed by atoms with Crippen LogP contribution in [0.25, 0.3) is 0 Å².